The summed E-state index contributed by atoms with van der Waals surface area (Å²) in [6.07, 6.45) is 2.55. The fourth-order valence-electron chi connectivity index (χ4n) is 4.15. The first-order valence-electron chi connectivity index (χ1n) is 11.6. The Bertz CT molecular complexity index is 1100. The number of rotatable bonds is 8. The van der Waals surface area contributed by atoms with Crippen molar-refractivity contribution in [1.82, 2.24) is 9.88 Å². The SMILES string of the molecule is CC(C)OC(=O)c1cccnc1N(C)[C@H]1CCN(Cc2ccc(Oc3ccc(N)cc3)cc2)C1. The number of likely N-dealkylation sites (tertiary alicyclic amines) is 1. The molecular formula is C27H32N4O3. The van der Waals surface area contributed by atoms with Crippen molar-refractivity contribution in [2.45, 2.75) is 39.0 Å². The quantitative estimate of drug-likeness (QED) is 0.384. The molecule has 1 aliphatic rings. The number of anilines is 2. The third-order valence-corrected chi connectivity index (χ3v) is 5.92. The smallest absolute Gasteiger partial charge is 0.342 e. The Hall–Kier alpha value is -3.58. The molecule has 0 aliphatic carbocycles. The van der Waals surface area contributed by atoms with Crippen molar-refractivity contribution in [3.8, 4) is 11.5 Å². The molecule has 0 amide bonds. The van der Waals surface area contributed by atoms with Crippen LogP contribution in [0.4, 0.5) is 11.5 Å². The Morgan fingerprint density at radius 1 is 1.12 bits per heavy atom. The Labute approximate surface area is 201 Å². The summed E-state index contributed by atoms with van der Waals surface area (Å²) in [5.74, 6) is 1.90. The number of carbonyl (C=O) groups is 1. The number of nitrogen functional groups attached to an aromatic ring is 1. The first kappa shape index (κ1) is 23.6. The maximum Gasteiger partial charge on any atom is 0.342 e. The lowest BCUT2D eigenvalue weighted by Gasteiger charge is -2.27. The third kappa shape index (κ3) is 5.85. The van der Waals surface area contributed by atoms with Gasteiger partial charge in [-0.25, -0.2) is 9.78 Å². The van der Waals surface area contributed by atoms with Gasteiger partial charge in [-0.1, -0.05) is 12.1 Å². The van der Waals surface area contributed by atoms with Gasteiger partial charge in [-0.15, -0.1) is 0 Å². The minimum Gasteiger partial charge on any atom is -0.459 e. The summed E-state index contributed by atoms with van der Waals surface area (Å²) in [7, 11) is 2.01. The van der Waals surface area contributed by atoms with Gasteiger partial charge in [0.25, 0.3) is 0 Å². The molecule has 1 atom stereocenters. The van der Waals surface area contributed by atoms with Crippen LogP contribution in [0.15, 0.2) is 66.9 Å². The van der Waals surface area contributed by atoms with Crippen LogP contribution in [0.1, 0.15) is 36.2 Å². The summed E-state index contributed by atoms with van der Waals surface area (Å²) in [4.78, 5) is 21.6. The lowest BCUT2D eigenvalue weighted by molar-refractivity contribution is 0.0378. The van der Waals surface area contributed by atoms with Crippen LogP contribution in [0.2, 0.25) is 0 Å². The highest BCUT2D eigenvalue weighted by molar-refractivity contribution is 5.94. The van der Waals surface area contributed by atoms with Gasteiger partial charge in [-0.3, -0.25) is 4.90 Å². The molecule has 2 aromatic carbocycles. The van der Waals surface area contributed by atoms with E-state index in [0.717, 1.165) is 37.6 Å². The van der Waals surface area contributed by atoms with Gasteiger partial charge in [0.15, 0.2) is 0 Å². The molecule has 3 aromatic rings. The normalized spacial score (nSPS) is 15.9. The molecule has 0 bridgehead atoms. The van der Waals surface area contributed by atoms with E-state index in [0.29, 0.717) is 17.1 Å². The van der Waals surface area contributed by atoms with Crippen LogP contribution in [0.25, 0.3) is 0 Å². The molecule has 1 saturated heterocycles. The Morgan fingerprint density at radius 2 is 1.79 bits per heavy atom. The van der Waals surface area contributed by atoms with Gasteiger partial charge in [0.2, 0.25) is 0 Å². The Morgan fingerprint density at radius 3 is 2.47 bits per heavy atom. The maximum atomic E-state index is 12.5. The molecule has 4 rings (SSSR count). The average molecular weight is 461 g/mol. The number of esters is 1. The highest BCUT2D eigenvalue weighted by Gasteiger charge is 2.29. The first-order valence-corrected chi connectivity index (χ1v) is 11.6. The predicted molar refractivity (Wildman–Crippen MR) is 134 cm³/mol. The Balaban J connectivity index is 1.35. The van der Waals surface area contributed by atoms with Crippen LogP contribution in [0.5, 0.6) is 11.5 Å². The van der Waals surface area contributed by atoms with Crippen LogP contribution in [-0.2, 0) is 11.3 Å². The molecule has 0 saturated carbocycles. The van der Waals surface area contributed by atoms with Crippen molar-refractivity contribution < 1.29 is 14.3 Å². The fraction of sp³-hybridized carbons (Fsp3) is 0.333. The van der Waals surface area contributed by atoms with E-state index in [1.165, 1.54) is 5.56 Å². The van der Waals surface area contributed by atoms with E-state index in [1.54, 1.807) is 18.3 Å². The zero-order valence-corrected chi connectivity index (χ0v) is 20.0. The van der Waals surface area contributed by atoms with Gasteiger partial charge in [0.1, 0.15) is 22.9 Å². The number of pyridine rings is 1. The molecule has 0 radical (unpaired) electrons. The predicted octanol–water partition coefficient (Wildman–Crippen LogP) is 4.73. The lowest BCUT2D eigenvalue weighted by Crippen LogP contribution is -2.36. The molecule has 1 aliphatic heterocycles. The number of likely N-dealkylation sites (N-methyl/N-ethyl adjacent to an activating group) is 1. The second-order valence-electron chi connectivity index (χ2n) is 8.93. The monoisotopic (exact) mass is 460 g/mol. The van der Waals surface area contributed by atoms with E-state index >= 15 is 0 Å². The standard InChI is InChI=1S/C27H32N4O3/c1-19(2)33-27(32)25-5-4-15-29-26(25)30(3)22-14-16-31(18-22)17-20-6-10-23(11-7-20)34-24-12-8-21(28)9-13-24/h4-13,15,19,22H,14,16-18,28H2,1-3H3/t22-/m0/s1. The molecule has 178 valence electrons. The molecule has 34 heavy (non-hydrogen) atoms. The van der Waals surface area contributed by atoms with E-state index in [-0.39, 0.29) is 18.1 Å². The first-order chi connectivity index (χ1) is 16.4. The molecule has 1 fully saturated rings. The number of benzene rings is 2. The van der Waals surface area contributed by atoms with Crippen molar-refractivity contribution in [2.24, 2.45) is 0 Å². The highest BCUT2D eigenvalue weighted by Crippen LogP contribution is 2.26. The molecule has 1 aromatic heterocycles. The van der Waals surface area contributed by atoms with Crippen LogP contribution in [0, 0.1) is 0 Å². The van der Waals surface area contributed by atoms with Crippen molar-refractivity contribution >= 4 is 17.5 Å². The summed E-state index contributed by atoms with van der Waals surface area (Å²) >= 11 is 0. The zero-order valence-electron chi connectivity index (χ0n) is 20.0. The highest BCUT2D eigenvalue weighted by atomic mass is 16.5. The van der Waals surface area contributed by atoms with Crippen molar-refractivity contribution in [3.63, 3.8) is 0 Å². The van der Waals surface area contributed by atoms with Gasteiger partial charge in [0, 0.05) is 44.6 Å². The van der Waals surface area contributed by atoms with Crippen LogP contribution >= 0.6 is 0 Å². The minimum atomic E-state index is -0.332. The molecule has 0 unspecified atom stereocenters. The molecule has 2 N–H and O–H groups in total. The summed E-state index contributed by atoms with van der Waals surface area (Å²) in [5, 5.41) is 0. The lowest BCUT2D eigenvalue weighted by atomic mass is 10.2. The largest absolute Gasteiger partial charge is 0.459 e. The van der Waals surface area contributed by atoms with Crippen molar-refractivity contribution in [2.75, 3.05) is 30.8 Å². The van der Waals surface area contributed by atoms with Crippen LogP contribution in [-0.4, -0.2) is 48.1 Å². The van der Waals surface area contributed by atoms with Crippen molar-refractivity contribution in [3.05, 3.63) is 78.0 Å². The average Bonchev–Trinajstić information content (AvgIpc) is 3.29. The number of aromatic nitrogens is 1. The topological polar surface area (TPSA) is 80.9 Å². The molecule has 0 spiro atoms. The van der Waals surface area contributed by atoms with E-state index in [4.69, 9.17) is 15.2 Å². The van der Waals surface area contributed by atoms with E-state index in [1.807, 2.05) is 57.3 Å². The molecular weight excluding hydrogens is 428 g/mol. The second-order valence-corrected chi connectivity index (χ2v) is 8.93. The number of ether oxygens (including phenoxy) is 2. The molecule has 7 heteroatoms. The number of nitrogens with zero attached hydrogens (tertiary/aromatic N) is 3. The van der Waals surface area contributed by atoms with Gasteiger partial charge in [0.05, 0.1) is 6.10 Å². The second kappa shape index (κ2) is 10.6. The number of hydrogen-bond donors (Lipinski definition) is 1. The fourth-order valence-corrected chi connectivity index (χ4v) is 4.15. The zero-order chi connectivity index (χ0) is 24.1. The van der Waals surface area contributed by atoms with E-state index in [9.17, 15) is 4.79 Å². The molecule has 7 nitrogen and oxygen atoms in total. The summed E-state index contributed by atoms with van der Waals surface area (Å²) in [6.45, 7) is 6.44. The summed E-state index contributed by atoms with van der Waals surface area (Å²) < 4.78 is 11.3. The minimum absolute atomic E-state index is 0.170. The van der Waals surface area contributed by atoms with Crippen LogP contribution < -0.4 is 15.4 Å². The number of nitrogens with two attached hydrogens (primary N) is 1. The van der Waals surface area contributed by atoms with Gasteiger partial charge in [-0.2, -0.15) is 0 Å². The molecule has 2 heterocycles. The summed E-state index contributed by atoms with van der Waals surface area (Å²) in [6, 6.07) is 19.4. The van der Waals surface area contributed by atoms with E-state index < -0.39 is 0 Å². The van der Waals surface area contributed by atoms with Crippen molar-refractivity contribution in [1.29, 1.82) is 0 Å². The number of hydrogen-bond acceptors (Lipinski definition) is 7. The van der Waals surface area contributed by atoms with Gasteiger partial charge < -0.3 is 20.1 Å². The number of carbonyl (C=O) groups excluding carboxylic acids is 1. The Kier molecular flexibility index (Phi) is 7.33. The maximum absolute atomic E-state index is 12.5. The van der Waals surface area contributed by atoms with Gasteiger partial charge >= 0.3 is 5.97 Å². The van der Waals surface area contributed by atoms with E-state index in [2.05, 4.69) is 26.9 Å². The summed E-state index contributed by atoms with van der Waals surface area (Å²) in [5.41, 5.74) is 8.18. The van der Waals surface area contributed by atoms with Gasteiger partial charge in [-0.05, 0) is 74.4 Å². The van der Waals surface area contributed by atoms with Crippen LogP contribution in [0.3, 0.4) is 0 Å². The third-order valence-electron chi connectivity index (χ3n) is 5.92.